The van der Waals surface area contributed by atoms with Crippen LogP contribution in [-0.2, 0) is 17.8 Å². The molecule has 1 saturated heterocycles. The summed E-state index contributed by atoms with van der Waals surface area (Å²) in [7, 11) is 0. The molecule has 0 spiro atoms. The monoisotopic (exact) mass is 411 g/mol. The molecule has 7 heteroatoms. The molecule has 3 heterocycles. The van der Waals surface area contributed by atoms with Crippen molar-refractivity contribution in [1.29, 1.82) is 0 Å². The fourth-order valence-corrected chi connectivity index (χ4v) is 3.87. The number of H-pyrrole nitrogens is 1. The lowest BCUT2D eigenvalue weighted by atomic mass is 10.1. The fraction of sp³-hybridized carbons (Fsp3) is 0.364. The van der Waals surface area contributed by atoms with E-state index in [2.05, 4.69) is 10.3 Å². The van der Waals surface area contributed by atoms with Crippen molar-refractivity contribution in [3.63, 3.8) is 0 Å². The highest BCUT2D eigenvalue weighted by atomic mass is 32.1. The number of fused-ring (bicyclic) bond motifs is 1. The molecule has 1 fully saturated rings. The number of benzene rings is 1. The highest BCUT2D eigenvalue weighted by Crippen LogP contribution is 2.17. The zero-order valence-electron chi connectivity index (χ0n) is 16.4. The maximum absolute atomic E-state index is 12.7. The fourth-order valence-electron chi connectivity index (χ4n) is 3.66. The normalized spacial score (nSPS) is 16.2. The first-order chi connectivity index (χ1) is 14.1. The van der Waals surface area contributed by atoms with Gasteiger partial charge in [-0.05, 0) is 61.1 Å². The van der Waals surface area contributed by atoms with Crippen molar-refractivity contribution in [2.24, 2.45) is 0 Å². The number of nitrogens with zero attached hydrogens (tertiary/aromatic N) is 1. The lowest BCUT2D eigenvalue weighted by molar-refractivity contribution is 0.113. The van der Waals surface area contributed by atoms with Gasteiger partial charge in [-0.25, -0.2) is 0 Å². The molecule has 0 unspecified atom stereocenters. The van der Waals surface area contributed by atoms with Crippen LogP contribution in [0.15, 0.2) is 51.9 Å². The van der Waals surface area contributed by atoms with Gasteiger partial charge in [0.15, 0.2) is 5.11 Å². The average molecular weight is 412 g/mol. The Labute approximate surface area is 174 Å². The maximum Gasteiger partial charge on any atom is 0.253 e. The molecule has 0 radical (unpaired) electrons. The Balaban J connectivity index is 1.55. The Morgan fingerprint density at radius 1 is 1.31 bits per heavy atom. The first-order valence-corrected chi connectivity index (χ1v) is 10.3. The molecule has 1 atom stereocenters. The summed E-state index contributed by atoms with van der Waals surface area (Å²) in [6.07, 6.45) is 3.95. The summed E-state index contributed by atoms with van der Waals surface area (Å²) in [6, 6.07) is 11.7. The molecule has 152 valence electrons. The minimum absolute atomic E-state index is 0.0989. The van der Waals surface area contributed by atoms with Gasteiger partial charge in [0.25, 0.3) is 5.56 Å². The standard InChI is InChI=1S/C22H25N3O3S/c1-15-5-2-6-16-11-17(21(26)24-20(15)16)13-25(14-19-8-4-10-28-19)22(29)23-12-18-7-3-9-27-18/h2,4-6,8,10-11,18H,3,7,9,12-14H2,1H3,(H,23,29)(H,24,26)/t18-/m1/s1. The van der Waals surface area contributed by atoms with Crippen LogP contribution in [0.2, 0.25) is 0 Å². The second-order valence-electron chi connectivity index (χ2n) is 7.42. The lowest BCUT2D eigenvalue weighted by Crippen LogP contribution is -2.42. The van der Waals surface area contributed by atoms with E-state index in [-0.39, 0.29) is 11.7 Å². The molecule has 29 heavy (non-hydrogen) atoms. The summed E-state index contributed by atoms with van der Waals surface area (Å²) in [5.41, 5.74) is 2.49. The number of nitrogens with one attached hydrogen (secondary N) is 2. The van der Waals surface area contributed by atoms with Gasteiger partial charge in [-0.15, -0.1) is 0 Å². The number of thiocarbonyl (C=S) groups is 1. The Morgan fingerprint density at radius 2 is 2.21 bits per heavy atom. The van der Waals surface area contributed by atoms with Gasteiger partial charge in [0.1, 0.15) is 5.76 Å². The smallest absolute Gasteiger partial charge is 0.253 e. The number of aromatic nitrogens is 1. The third-order valence-electron chi connectivity index (χ3n) is 5.25. The van der Waals surface area contributed by atoms with Gasteiger partial charge in [-0.2, -0.15) is 0 Å². The molecule has 3 aromatic rings. The van der Waals surface area contributed by atoms with Crippen LogP contribution in [0.5, 0.6) is 0 Å². The Morgan fingerprint density at radius 3 is 2.97 bits per heavy atom. The third kappa shape index (κ3) is 4.68. The molecule has 0 bridgehead atoms. The molecule has 0 amide bonds. The van der Waals surface area contributed by atoms with E-state index in [1.165, 1.54) is 0 Å². The van der Waals surface area contributed by atoms with E-state index >= 15 is 0 Å². The summed E-state index contributed by atoms with van der Waals surface area (Å²) in [5.74, 6) is 0.791. The summed E-state index contributed by atoms with van der Waals surface area (Å²) in [4.78, 5) is 17.7. The summed E-state index contributed by atoms with van der Waals surface area (Å²) >= 11 is 5.65. The van der Waals surface area contributed by atoms with Crippen molar-refractivity contribution in [2.45, 2.75) is 39.0 Å². The number of pyridine rings is 1. The van der Waals surface area contributed by atoms with Crippen LogP contribution >= 0.6 is 12.2 Å². The summed E-state index contributed by atoms with van der Waals surface area (Å²) < 4.78 is 11.2. The van der Waals surface area contributed by atoms with Crippen molar-refractivity contribution in [2.75, 3.05) is 13.2 Å². The van der Waals surface area contributed by atoms with E-state index in [4.69, 9.17) is 21.4 Å². The number of ether oxygens (including phenoxy) is 1. The second-order valence-corrected chi connectivity index (χ2v) is 7.81. The minimum Gasteiger partial charge on any atom is -0.467 e. The van der Waals surface area contributed by atoms with E-state index in [1.54, 1.807) is 6.26 Å². The van der Waals surface area contributed by atoms with Gasteiger partial charge in [-0.1, -0.05) is 18.2 Å². The van der Waals surface area contributed by atoms with Gasteiger partial charge in [0.05, 0.1) is 31.0 Å². The van der Waals surface area contributed by atoms with Crippen LogP contribution in [-0.4, -0.2) is 34.3 Å². The molecule has 1 aliphatic rings. The van der Waals surface area contributed by atoms with Crippen molar-refractivity contribution < 1.29 is 9.15 Å². The van der Waals surface area contributed by atoms with E-state index < -0.39 is 0 Å². The molecule has 1 aromatic carbocycles. The van der Waals surface area contributed by atoms with Gasteiger partial charge < -0.3 is 24.4 Å². The minimum atomic E-state index is -0.0989. The van der Waals surface area contributed by atoms with Crippen molar-refractivity contribution in [1.82, 2.24) is 15.2 Å². The van der Waals surface area contributed by atoms with Crippen molar-refractivity contribution >= 4 is 28.2 Å². The number of rotatable bonds is 6. The lowest BCUT2D eigenvalue weighted by Gasteiger charge is -2.26. The number of hydrogen-bond acceptors (Lipinski definition) is 4. The van der Waals surface area contributed by atoms with Crippen LogP contribution in [0, 0.1) is 6.92 Å². The third-order valence-corrected chi connectivity index (χ3v) is 5.65. The maximum atomic E-state index is 12.7. The van der Waals surface area contributed by atoms with Crippen LogP contribution in [0.4, 0.5) is 0 Å². The van der Waals surface area contributed by atoms with Crippen LogP contribution in [0.3, 0.4) is 0 Å². The van der Waals surface area contributed by atoms with Gasteiger partial charge in [0.2, 0.25) is 0 Å². The van der Waals surface area contributed by atoms with E-state index in [0.29, 0.717) is 30.3 Å². The van der Waals surface area contributed by atoms with Gasteiger partial charge in [0, 0.05) is 18.7 Å². The quantitative estimate of drug-likeness (QED) is 0.605. The Kier molecular flexibility index (Phi) is 5.97. The highest BCUT2D eigenvalue weighted by Gasteiger charge is 2.19. The first-order valence-electron chi connectivity index (χ1n) is 9.88. The topological polar surface area (TPSA) is 70.5 Å². The SMILES string of the molecule is Cc1cccc2cc(CN(Cc3ccco3)C(=S)NC[C@H]3CCCO3)c(=O)[nH]c12. The predicted molar refractivity (Wildman–Crippen MR) is 117 cm³/mol. The highest BCUT2D eigenvalue weighted by molar-refractivity contribution is 7.80. The molecular formula is C22H25N3O3S. The number of aromatic amines is 1. The molecule has 2 N–H and O–H groups in total. The van der Waals surface area contributed by atoms with E-state index in [1.807, 2.05) is 48.2 Å². The number of hydrogen-bond donors (Lipinski definition) is 2. The van der Waals surface area contributed by atoms with E-state index in [9.17, 15) is 4.79 Å². The summed E-state index contributed by atoms with van der Waals surface area (Å²) in [5, 5.41) is 4.90. The molecule has 6 nitrogen and oxygen atoms in total. The van der Waals surface area contributed by atoms with Crippen molar-refractivity contribution in [3.8, 4) is 0 Å². The number of furan rings is 1. The summed E-state index contributed by atoms with van der Waals surface area (Å²) in [6.45, 7) is 4.33. The van der Waals surface area contributed by atoms with Gasteiger partial charge >= 0.3 is 0 Å². The largest absolute Gasteiger partial charge is 0.467 e. The molecule has 2 aromatic heterocycles. The number of para-hydroxylation sites is 1. The zero-order chi connectivity index (χ0) is 20.2. The van der Waals surface area contributed by atoms with Crippen LogP contribution in [0.25, 0.3) is 10.9 Å². The Bertz CT molecular complexity index is 1040. The first kappa shape index (κ1) is 19.7. The van der Waals surface area contributed by atoms with Crippen molar-refractivity contribution in [3.05, 3.63) is 69.9 Å². The molecule has 0 aliphatic carbocycles. The second kappa shape index (κ2) is 8.80. The predicted octanol–water partition coefficient (Wildman–Crippen LogP) is 3.49. The zero-order valence-corrected chi connectivity index (χ0v) is 17.3. The molecule has 4 rings (SSSR count). The number of aryl methyl sites for hydroxylation is 1. The van der Waals surface area contributed by atoms with Crippen LogP contribution < -0.4 is 10.9 Å². The van der Waals surface area contributed by atoms with Gasteiger partial charge in [-0.3, -0.25) is 4.79 Å². The Hall–Kier alpha value is -2.64. The van der Waals surface area contributed by atoms with E-state index in [0.717, 1.165) is 41.7 Å². The average Bonchev–Trinajstić information content (AvgIpc) is 3.41. The molecule has 1 aliphatic heterocycles. The van der Waals surface area contributed by atoms with Crippen LogP contribution in [0.1, 0.15) is 29.7 Å². The molecular weight excluding hydrogens is 386 g/mol. The molecule has 0 saturated carbocycles.